The second-order valence-corrected chi connectivity index (χ2v) is 2.57. The molecule has 74 valence electrons. The van der Waals surface area contributed by atoms with Crippen LogP contribution in [-0.4, -0.2) is 12.1 Å². The van der Waals surface area contributed by atoms with Gasteiger partial charge in [0, 0.05) is 6.20 Å². The molecule has 0 N–H and O–H groups in total. The highest BCUT2D eigenvalue weighted by Crippen LogP contribution is 2.27. The zero-order valence-corrected chi connectivity index (χ0v) is 7.50. The molecule has 0 spiro atoms. The van der Waals surface area contributed by atoms with Crippen molar-refractivity contribution in [3.8, 4) is 11.8 Å². The van der Waals surface area contributed by atoms with E-state index in [-0.39, 0.29) is 12.2 Å². The first-order chi connectivity index (χ1) is 6.69. The Morgan fingerprint density at radius 1 is 1.64 bits per heavy atom. The van der Waals surface area contributed by atoms with E-state index in [1.807, 2.05) is 6.07 Å². The number of nitrogens with zero attached hydrogens (tertiary/aromatic N) is 2. The summed E-state index contributed by atoms with van der Waals surface area (Å²) in [5.74, 6) is 0.0211. The van der Waals surface area contributed by atoms with Gasteiger partial charge in [-0.15, -0.1) is 0 Å². The third kappa shape index (κ3) is 2.16. The fourth-order valence-electron chi connectivity index (χ4n) is 1.01. The molecule has 0 fully saturated rings. The molecule has 0 aliphatic carbocycles. The summed E-state index contributed by atoms with van der Waals surface area (Å²) in [6, 6.07) is 3.30. The first-order valence-corrected chi connectivity index (χ1v) is 3.87. The van der Waals surface area contributed by atoms with Crippen molar-refractivity contribution in [3.63, 3.8) is 0 Å². The molecular weight excluding hydrogens is 190 g/mol. The predicted molar refractivity (Wildman–Crippen MR) is 45.1 cm³/mol. The lowest BCUT2D eigenvalue weighted by Gasteiger charge is -2.07. The van der Waals surface area contributed by atoms with E-state index >= 15 is 0 Å². The Kier molecular flexibility index (Phi) is 3.35. The number of methoxy groups -OCH3 is 1. The smallest absolute Gasteiger partial charge is 0.284 e. The summed E-state index contributed by atoms with van der Waals surface area (Å²) < 4.78 is 29.4. The van der Waals surface area contributed by atoms with Gasteiger partial charge in [-0.3, -0.25) is 4.98 Å². The molecular formula is C9H8F2N2O. The van der Waals surface area contributed by atoms with Gasteiger partial charge in [-0.2, -0.15) is 5.26 Å². The van der Waals surface area contributed by atoms with Crippen molar-refractivity contribution in [2.75, 3.05) is 7.11 Å². The van der Waals surface area contributed by atoms with Gasteiger partial charge in [-0.05, 0) is 11.6 Å². The van der Waals surface area contributed by atoms with E-state index in [0.29, 0.717) is 5.56 Å². The molecule has 0 saturated heterocycles. The Morgan fingerprint density at radius 3 is 2.86 bits per heavy atom. The first kappa shape index (κ1) is 10.4. The number of halogens is 2. The molecule has 5 heteroatoms. The first-order valence-electron chi connectivity index (χ1n) is 3.87. The summed E-state index contributed by atoms with van der Waals surface area (Å²) in [5, 5.41) is 8.40. The number of rotatable bonds is 3. The number of pyridine rings is 1. The number of nitriles is 1. The number of ether oxygens (including phenoxy) is 1. The number of alkyl halides is 2. The lowest BCUT2D eigenvalue weighted by atomic mass is 10.2. The Balaban J connectivity index is 3.06. The van der Waals surface area contributed by atoms with E-state index in [4.69, 9.17) is 10.00 Å². The molecule has 0 atom stereocenters. The van der Waals surface area contributed by atoms with Crippen LogP contribution in [-0.2, 0) is 6.42 Å². The molecule has 0 bridgehead atoms. The average Bonchev–Trinajstić information content (AvgIpc) is 2.17. The molecule has 0 amide bonds. The predicted octanol–water partition coefficient (Wildman–Crippen LogP) is 2.09. The topological polar surface area (TPSA) is 45.9 Å². The van der Waals surface area contributed by atoms with Crippen LogP contribution in [0.15, 0.2) is 12.3 Å². The van der Waals surface area contributed by atoms with E-state index < -0.39 is 12.1 Å². The van der Waals surface area contributed by atoms with Crippen molar-refractivity contribution in [1.29, 1.82) is 5.26 Å². The molecule has 1 rings (SSSR count). The molecule has 0 radical (unpaired) electrons. The van der Waals surface area contributed by atoms with Crippen LogP contribution >= 0.6 is 0 Å². The van der Waals surface area contributed by atoms with Gasteiger partial charge in [0.2, 0.25) is 0 Å². The van der Waals surface area contributed by atoms with E-state index in [2.05, 4.69) is 4.98 Å². The van der Waals surface area contributed by atoms with Crippen LogP contribution in [0.5, 0.6) is 5.75 Å². The summed E-state index contributed by atoms with van der Waals surface area (Å²) in [5.41, 5.74) is 0.169. The van der Waals surface area contributed by atoms with Gasteiger partial charge in [0.15, 0.2) is 0 Å². The van der Waals surface area contributed by atoms with Crippen LogP contribution < -0.4 is 4.74 Å². The van der Waals surface area contributed by atoms with Crippen LogP contribution in [0.25, 0.3) is 0 Å². The Labute approximate surface area is 79.9 Å². The fraction of sp³-hybridized carbons (Fsp3) is 0.333. The number of hydrogen-bond donors (Lipinski definition) is 0. The third-order valence-electron chi connectivity index (χ3n) is 1.65. The SMILES string of the molecule is COc1cc(CC#N)cnc1C(F)F. The molecule has 1 aromatic rings. The maximum absolute atomic E-state index is 12.3. The Hall–Kier alpha value is -1.70. The highest BCUT2D eigenvalue weighted by molar-refractivity contribution is 5.33. The van der Waals surface area contributed by atoms with Crippen LogP contribution in [0.3, 0.4) is 0 Å². The molecule has 1 aromatic heterocycles. The summed E-state index contributed by atoms with van der Waals surface area (Å²) in [6.07, 6.45) is -1.28. The summed E-state index contributed by atoms with van der Waals surface area (Å²) in [7, 11) is 1.29. The van der Waals surface area contributed by atoms with Gasteiger partial charge in [-0.1, -0.05) is 0 Å². The van der Waals surface area contributed by atoms with Gasteiger partial charge < -0.3 is 4.74 Å². The summed E-state index contributed by atoms with van der Waals surface area (Å²) >= 11 is 0. The van der Waals surface area contributed by atoms with Crippen LogP contribution in [0, 0.1) is 11.3 Å². The Morgan fingerprint density at radius 2 is 2.36 bits per heavy atom. The highest BCUT2D eigenvalue weighted by atomic mass is 19.3. The zero-order chi connectivity index (χ0) is 10.6. The zero-order valence-electron chi connectivity index (χ0n) is 7.50. The van der Waals surface area contributed by atoms with E-state index in [0.717, 1.165) is 0 Å². The molecule has 3 nitrogen and oxygen atoms in total. The van der Waals surface area contributed by atoms with E-state index in [9.17, 15) is 8.78 Å². The van der Waals surface area contributed by atoms with Crippen LogP contribution in [0.1, 0.15) is 17.7 Å². The van der Waals surface area contributed by atoms with Crippen molar-refractivity contribution in [2.24, 2.45) is 0 Å². The number of hydrogen-bond acceptors (Lipinski definition) is 3. The number of aromatic nitrogens is 1. The lowest BCUT2D eigenvalue weighted by molar-refractivity contribution is 0.141. The van der Waals surface area contributed by atoms with Crippen molar-refractivity contribution < 1.29 is 13.5 Å². The maximum Gasteiger partial charge on any atom is 0.284 e. The van der Waals surface area contributed by atoms with Gasteiger partial charge >= 0.3 is 0 Å². The second-order valence-electron chi connectivity index (χ2n) is 2.57. The van der Waals surface area contributed by atoms with Gasteiger partial charge in [-0.25, -0.2) is 8.78 Å². The normalized spacial score (nSPS) is 9.93. The molecule has 0 unspecified atom stereocenters. The molecule has 14 heavy (non-hydrogen) atoms. The van der Waals surface area contributed by atoms with Crippen LogP contribution in [0.2, 0.25) is 0 Å². The quantitative estimate of drug-likeness (QED) is 0.747. The van der Waals surface area contributed by atoms with Gasteiger partial charge in [0.25, 0.3) is 6.43 Å². The van der Waals surface area contributed by atoms with Crippen molar-refractivity contribution in [2.45, 2.75) is 12.8 Å². The van der Waals surface area contributed by atoms with E-state index in [1.165, 1.54) is 19.4 Å². The van der Waals surface area contributed by atoms with Crippen molar-refractivity contribution in [1.82, 2.24) is 4.98 Å². The largest absolute Gasteiger partial charge is 0.495 e. The van der Waals surface area contributed by atoms with Crippen molar-refractivity contribution in [3.05, 3.63) is 23.5 Å². The fourth-order valence-corrected chi connectivity index (χ4v) is 1.01. The molecule has 0 aliphatic rings. The minimum absolute atomic E-state index is 0.0211. The lowest BCUT2D eigenvalue weighted by Crippen LogP contribution is -1.98. The third-order valence-corrected chi connectivity index (χ3v) is 1.65. The van der Waals surface area contributed by atoms with Gasteiger partial charge in [0.05, 0.1) is 19.6 Å². The van der Waals surface area contributed by atoms with E-state index in [1.54, 1.807) is 0 Å². The standard InChI is InChI=1S/C9H8F2N2O/c1-14-7-4-6(2-3-12)5-13-8(7)9(10)11/h4-5,9H,2H2,1H3. The maximum atomic E-state index is 12.3. The molecule has 0 aromatic carbocycles. The highest BCUT2D eigenvalue weighted by Gasteiger charge is 2.15. The monoisotopic (exact) mass is 198 g/mol. The van der Waals surface area contributed by atoms with Crippen molar-refractivity contribution >= 4 is 0 Å². The average molecular weight is 198 g/mol. The summed E-state index contributed by atoms with van der Waals surface area (Å²) in [4.78, 5) is 3.54. The second kappa shape index (κ2) is 4.51. The minimum atomic E-state index is -2.67. The minimum Gasteiger partial charge on any atom is -0.495 e. The van der Waals surface area contributed by atoms with Crippen LogP contribution in [0.4, 0.5) is 8.78 Å². The molecule has 0 saturated carbocycles. The molecule has 0 aliphatic heterocycles. The molecule has 1 heterocycles. The van der Waals surface area contributed by atoms with Gasteiger partial charge in [0.1, 0.15) is 11.4 Å². The Bertz CT molecular complexity index is 360. The summed E-state index contributed by atoms with van der Waals surface area (Å²) in [6.45, 7) is 0.